The third kappa shape index (κ3) is 2.46. The number of rotatable bonds is 3. The van der Waals surface area contributed by atoms with Crippen LogP contribution in [0.4, 0.5) is 0 Å². The van der Waals surface area contributed by atoms with Crippen molar-refractivity contribution >= 4 is 23.7 Å². The van der Waals surface area contributed by atoms with Crippen LogP contribution in [0.15, 0.2) is 103 Å². The number of benzene rings is 3. The van der Waals surface area contributed by atoms with Crippen molar-refractivity contribution in [1.82, 2.24) is 17.4 Å². The Kier molecular flexibility index (Phi) is 4.38. The van der Waals surface area contributed by atoms with Crippen molar-refractivity contribution in [3.8, 4) is 11.4 Å². The summed E-state index contributed by atoms with van der Waals surface area (Å²) in [4.78, 5) is 0. The topological polar surface area (TPSA) is 19.7 Å². The van der Waals surface area contributed by atoms with Gasteiger partial charge < -0.3 is 0 Å². The van der Waals surface area contributed by atoms with E-state index in [1.54, 1.807) is 0 Å². The Morgan fingerprint density at radius 2 is 0.766 bits per heavy atom. The van der Waals surface area contributed by atoms with Crippen molar-refractivity contribution in [2.45, 2.75) is 41.5 Å². The first-order valence-electron chi connectivity index (χ1n) is 16.7. The zero-order valence-corrected chi connectivity index (χ0v) is 28.4. The first kappa shape index (κ1) is 26.1. The third-order valence-electron chi connectivity index (χ3n) is 11.5. The van der Waals surface area contributed by atoms with E-state index in [9.17, 15) is 0 Å². The maximum absolute atomic E-state index is 3.69. The molecule has 0 atom stereocenters. The second kappa shape index (κ2) is 7.90. The molecule has 0 fully saturated rings. The Morgan fingerprint density at radius 3 is 1.19 bits per heavy atom. The molecule has 4 aromatic heterocycles. The van der Waals surface area contributed by atoms with Gasteiger partial charge >= 0.3 is 274 Å². The molecule has 11 rings (SSSR count). The van der Waals surface area contributed by atoms with Crippen LogP contribution in [-0.4, -0.2) is 17.4 Å². The molecule has 4 nitrogen and oxygen atoms in total. The van der Waals surface area contributed by atoms with Gasteiger partial charge in [0.25, 0.3) is 0 Å². The first-order valence-corrected chi connectivity index (χ1v) is 18.7. The Balaban J connectivity index is 1.48. The summed E-state index contributed by atoms with van der Waals surface area (Å²) in [7, 11) is -3.69. The van der Waals surface area contributed by atoms with Gasteiger partial charge in [0.1, 0.15) is 0 Å². The van der Waals surface area contributed by atoms with E-state index in [0.29, 0.717) is 0 Å². The van der Waals surface area contributed by atoms with Crippen LogP contribution >= 0.6 is 7.21 Å². The molecule has 8 heterocycles. The van der Waals surface area contributed by atoms with Crippen molar-refractivity contribution in [3.05, 3.63) is 180 Å². The van der Waals surface area contributed by atoms with E-state index in [-0.39, 0.29) is 0 Å². The van der Waals surface area contributed by atoms with E-state index in [4.69, 9.17) is 0 Å². The molecule has 0 bridgehead atoms. The number of hydrogen-bond acceptors (Lipinski definition) is 0. The van der Waals surface area contributed by atoms with Crippen LogP contribution in [0.25, 0.3) is 22.5 Å². The number of hydrogen-bond donors (Lipinski definition) is 0. The minimum absolute atomic E-state index is 1.30. The maximum atomic E-state index is 2.82. The average Bonchev–Trinajstić information content (AvgIpc) is 3.86. The van der Waals surface area contributed by atoms with Crippen LogP contribution < -0.4 is 16.0 Å². The van der Waals surface area contributed by atoms with E-state index in [1.165, 1.54) is 105 Å². The van der Waals surface area contributed by atoms with E-state index in [2.05, 4.69) is 162 Å². The van der Waals surface area contributed by atoms with Crippen LogP contribution in [0.1, 0.15) is 55.9 Å². The molecule has 4 aliphatic heterocycles. The Labute approximate surface area is 273 Å². The molecule has 47 heavy (non-hydrogen) atoms. The molecule has 0 aliphatic carbocycles. The summed E-state index contributed by atoms with van der Waals surface area (Å²) in [6, 6.07) is 40.1. The van der Waals surface area contributed by atoms with Crippen LogP contribution in [0, 0.1) is 52.2 Å². The number of aromatic nitrogens is 4. The summed E-state index contributed by atoms with van der Waals surface area (Å²) in [5.74, 6) is 0. The number of aryl methyl sites for hydroxylation is 6. The molecular weight excluding hydrogens is 591 g/mol. The quantitative estimate of drug-likeness (QED) is 0.181. The normalized spacial score (nSPS) is 17.1. The van der Waals surface area contributed by atoms with Crippen molar-refractivity contribution in [1.29, 1.82) is 0 Å². The predicted octanol–water partition coefficient (Wildman–Crippen LogP) is 7.48. The van der Waals surface area contributed by atoms with Gasteiger partial charge in [-0.2, -0.15) is 0 Å². The van der Waals surface area contributed by atoms with Gasteiger partial charge in [0.05, 0.1) is 0 Å². The zero-order chi connectivity index (χ0) is 31.7. The third-order valence-corrected chi connectivity index (χ3v) is 17.4. The minimum atomic E-state index is -3.69. The summed E-state index contributed by atoms with van der Waals surface area (Å²) in [6.45, 7) is 13.6. The molecule has 0 amide bonds. The van der Waals surface area contributed by atoms with Crippen molar-refractivity contribution in [2.24, 2.45) is 0 Å². The molecular formula is C42H35N4P. The van der Waals surface area contributed by atoms with Gasteiger partial charge in [-0.05, 0) is 0 Å². The Hall–Kier alpha value is -5.05. The molecule has 228 valence electrons. The zero-order valence-electron chi connectivity index (χ0n) is 27.6. The molecule has 0 saturated carbocycles. The van der Waals surface area contributed by atoms with Gasteiger partial charge in [0.15, 0.2) is 0 Å². The second-order valence-corrected chi connectivity index (χ2v) is 18.2. The van der Waals surface area contributed by atoms with Crippen LogP contribution in [0.5, 0.6) is 0 Å². The molecule has 0 radical (unpaired) electrons. The molecule has 7 aromatic rings. The molecule has 4 aliphatic rings. The van der Waals surface area contributed by atoms with Crippen molar-refractivity contribution in [2.75, 3.05) is 0 Å². The fourth-order valence-corrected chi connectivity index (χ4v) is 17.7. The summed E-state index contributed by atoms with van der Waals surface area (Å²) in [5, 5.41) is 6.56. The summed E-state index contributed by atoms with van der Waals surface area (Å²) >= 11 is 0. The summed E-state index contributed by atoms with van der Waals surface area (Å²) in [5.41, 5.74) is 18.5. The molecule has 0 saturated heterocycles. The predicted molar refractivity (Wildman–Crippen MR) is 193 cm³/mol. The Bertz CT molecular complexity index is 2650. The molecule has 1 spiro atoms. The number of nitrogens with zero attached hydrogens (tertiary/aromatic N) is 4. The monoisotopic (exact) mass is 626 g/mol. The SMILES string of the molecule is Cc1cc(C)c(C2=c3ccc4n3P35(c6ccccc6)n6c2ccc6-c2ccc(n23)C(c2c(C)cc(C)cc2C)=c2ccc=4n25)c(C)c1. The van der Waals surface area contributed by atoms with Crippen LogP contribution in [-0.2, 0) is 0 Å². The summed E-state index contributed by atoms with van der Waals surface area (Å²) < 4.78 is 11.3. The van der Waals surface area contributed by atoms with Gasteiger partial charge in [0, 0.05) is 0 Å². The fourth-order valence-electron chi connectivity index (χ4n) is 10.5. The average molecular weight is 627 g/mol. The van der Waals surface area contributed by atoms with E-state index in [1.807, 2.05) is 0 Å². The standard InChI is InChI=1S/C42H35N4P/c1-24-20-26(3)39(27(4)21-24)41-35-16-12-31-33-14-18-37-42(40-28(5)22-25(2)23-29(40)6)38-19-15-34-32-13-17-36(41)44(32)47(43(31)35,45(33)37,46(34)38)30-10-8-7-9-11-30/h7-23H,1-6H3. The summed E-state index contributed by atoms with van der Waals surface area (Å²) in [6.07, 6.45) is 0. The van der Waals surface area contributed by atoms with Crippen molar-refractivity contribution < 1.29 is 0 Å². The van der Waals surface area contributed by atoms with Gasteiger partial charge in [0.2, 0.25) is 0 Å². The van der Waals surface area contributed by atoms with Gasteiger partial charge in [-0.15, -0.1) is 0 Å². The van der Waals surface area contributed by atoms with E-state index >= 15 is 0 Å². The van der Waals surface area contributed by atoms with Gasteiger partial charge in [-0.1, -0.05) is 0 Å². The molecule has 3 aromatic carbocycles. The van der Waals surface area contributed by atoms with E-state index < -0.39 is 7.21 Å². The van der Waals surface area contributed by atoms with Crippen molar-refractivity contribution in [3.63, 3.8) is 0 Å². The molecule has 0 N–H and O–H groups in total. The first-order chi connectivity index (χ1) is 22.8. The van der Waals surface area contributed by atoms with Gasteiger partial charge in [-0.3, -0.25) is 0 Å². The fraction of sp³-hybridized carbons (Fsp3) is 0.143. The van der Waals surface area contributed by atoms with Gasteiger partial charge in [-0.25, -0.2) is 0 Å². The molecule has 0 unspecified atom stereocenters. The second-order valence-electron chi connectivity index (χ2n) is 14.2. The van der Waals surface area contributed by atoms with E-state index in [0.717, 1.165) is 0 Å². The van der Waals surface area contributed by atoms with Crippen LogP contribution in [0.2, 0.25) is 0 Å². The number of fused-ring (bicyclic) bond motifs is 1. The van der Waals surface area contributed by atoms with Crippen LogP contribution in [0.3, 0.4) is 0 Å². The Morgan fingerprint density at radius 1 is 0.383 bits per heavy atom. The molecule has 5 heteroatoms.